The molecule has 0 aromatic heterocycles. The van der Waals surface area contributed by atoms with Crippen molar-refractivity contribution < 1.29 is 8.42 Å². The highest BCUT2D eigenvalue weighted by atomic mass is 32.2. The van der Waals surface area contributed by atoms with Crippen LogP contribution in [0.1, 0.15) is 25.7 Å². The first-order chi connectivity index (χ1) is 9.12. The van der Waals surface area contributed by atoms with Crippen molar-refractivity contribution in [3.05, 3.63) is 24.3 Å². The predicted molar refractivity (Wildman–Crippen MR) is 75.5 cm³/mol. The van der Waals surface area contributed by atoms with Crippen molar-refractivity contribution in [2.75, 3.05) is 12.4 Å². The number of hydrogen-bond acceptors (Lipinski definition) is 3. The van der Waals surface area contributed by atoms with E-state index in [1.165, 1.54) is 32.7 Å². The smallest absolute Gasteiger partial charge is 0.242 e. The first-order valence-corrected chi connectivity index (χ1v) is 8.39. The number of hydrogen-bond donors (Lipinski definition) is 2. The minimum atomic E-state index is -3.40. The predicted octanol–water partition coefficient (Wildman–Crippen LogP) is 2.20. The second-order valence-corrected chi connectivity index (χ2v) is 7.40. The van der Waals surface area contributed by atoms with Crippen LogP contribution in [0.3, 0.4) is 0 Å². The standard InChI is InChI=1S/C14H20N2O2S/c1-15-19(17,18)13-5-3-2-4-12(13)16-14(10-6-7-10)11-8-9-11/h2-5,10-11,14-16H,6-9H2,1H3. The molecule has 0 saturated heterocycles. The van der Waals surface area contributed by atoms with Crippen molar-refractivity contribution in [3.8, 4) is 0 Å². The van der Waals surface area contributed by atoms with Gasteiger partial charge in [-0.2, -0.15) is 0 Å². The largest absolute Gasteiger partial charge is 0.381 e. The summed E-state index contributed by atoms with van der Waals surface area (Å²) in [5.41, 5.74) is 0.737. The number of benzene rings is 1. The summed E-state index contributed by atoms with van der Waals surface area (Å²) in [7, 11) is -1.95. The van der Waals surface area contributed by atoms with Crippen molar-refractivity contribution in [1.29, 1.82) is 0 Å². The topological polar surface area (TPSA) is 58.2 Å². The summed E-state index contributed by atoms with van der Waals surface area (Å²) in [5.74, 6) is 1.47. The maximum absolute atomic E-state index is 12.0. The van der Waals surface area contributed by atoms with Crippen LogP contribution in [0.4, 0.5) is 5.69 Å². The van der Waals surface area contributed by atoms with Gasteiger partial charge in [-0.15, -0.1) is 0 Å². The van der Waals surface area contributed by atoms with Gasteiger partial charge in [0.2, 0.25) is 10.0 Å². The number of nitrogens with one attached hydrogen (secondary N) is 2. The second kappa shape index (κ2) is 4.80. The first kappa shape index (κ1) is 12.9. The van der Waals surface area contributed by atoms with Gasteiger partial charge in [-0.1, -0.05) is 12.1 Å². The summed E-state index contributed by atoms with van der Waals surface area (Å²) >= 11 is 0. The Balaban J connectivity index is 1.87. The van der Waals surface area contributed by atoms with Crippen LogP contribution in [0.5, 0.6) is 0 Å². The van der Waals surface area contributed by atoms with Gasteiger partial charge in [0, 0.05) is 6.04 Å². The lowest BCUT2D eigenvalue weighted by Crippen LogP contribution is -2.27. The molecule has 1 aromatic carbocycles. The van der Waals surface area contributed by atoms with E-state index in [-0.39, 0.29) is 0 Å². The van der Waals surface area contributed by atoms with E-state index >= 15 is 0 Å². The van der Waals surface area contributed by atoms with Gasteiger partial charge in [0.05, 0.1) is 5.69 Å². The van der Waals surface area contributed by atoms with Crippen molar-refractivity contribution >= 4 is 15.7 Å². The fourth-order valence-electron chi connectivity index (χ4n) is 2.64. The highest BCUT2D eigenvalue weighted by Gasteiger charge is 2.41. The summed E-state index contributed by atoms with van der Waals surface area (Å²) in [4.78, 5) is 0.351. The molecule has 0 spiro atoms. The third-order valence-corrected chi connectivity index (χ3v) is 5.50. The fourth-order valence-corrected chi connectivity index (χ4v) is 3.54. The van der Waals surface area contributed by atoms with Crippen LogP contribution in [-0.2, 0) is 10.0 Å². The van der Waals surface area contributed by atoms with Gasteiger partial charge in [0.15, 0.2) is 0 Å². The van der Waals surface area contributed by atoms with Crippen LogP contribution in [-0.4, -0.2) is 21.5 Å². The zero-order chi connectivity index (χ0) is 13.5. The Kier molecular flexibility index (Phi) is 3.27. The summed E-state index contributed by atoms with van der Waals surface area (Å²) in [6, 6.07) is 7.62. The molecule has 19 heavy (non-hydrogen) atoms. The molecule has 3 rings (SSSR count). The molecule has 104 valence electrons. The average Bonchev–Trinajstić information content (AvgIpc) is 3.29. The molecule has 2 aliphatic carbocycles. The molecular formula is C14H20N2O2S. The highest BCUT2D eigenvalue weighted by molar-refractivity contribution is 7.89. The van der Waals surface area contributed by atoms with Gasteiger partial charge >= 0.3 is 0 Å². The van der Waals surface area contributed by atoms with E-state index in [1.54, 1.807) is 12.1 Å². The molecule has 2 aliphatic rings. The van der Waals surface area contributed by atoms with Gasteiger partial charge in [-0.05, 0) is 56.7 Å². The van der Waals surface area contributed by atoms with Crippen LogP contribution >= 0.6 is 0 Å². The maximum Gasteiger partial charge on any atom is 0.242 e. The highest BCUT2D eigenvalue weighted by Crippen LogP contribution is 2.46. The van der Waals surface area contributed by atoms with Gasteiger partial charge in [-0.3, -0.25) is 0 Å². The Morgan fingerprint density at radius 2 is 1.68 bits per heavy atom. The molecule has 1 aromatic rings. The number of rotatable bonds is 6. The van der Waals surface area contributed by atoms with Crippen LogP contribution < -0.4 is 10.0 Å². The Morgan fingerprint density at radius 3 is 2.21 bits per heavy atom. The van der Waals surface area contributed by atoms with Crippen LogP contribution in [0, 0.1) is 11.8 Å². The van der Waals surface area contributed by atoms with Crippen molar-refractivity contribution in [2.45, 2.75) is 36.6 Å². The number of para-hydroxylation sites is 1. The number of anilines is 1. The lowest BCUT2D eigenvalue weighted by Gasteiger charge is -2.21. The van der Waals surface area contributed by atoms with Crippen LogP contribution in [0.15, 0.2) is 29.2 Å². The zero-order valence-corrected chi connectivity index (χ0v) is 11.9. The Hall–Kier alpha value is -1.07. The Bertz CT molecular complexity index is 551. The molecule has 4 nitrogen and oxygen atoms in total. The van der Waals surface area contributed by atoms with Gasteiger partial charge in [0.1, 0.15) is 4.90 Å². The van der Waals surface area contributed by atoms with E-state index in [4.69, 9.17) is 0 Å². The van der Waals surface area contributed by atoms with Crippen LogP contribution in [0.25, 0.3) is 0 Å². The SMILES string of the molecule is CNS(=O)(=O)c1ccccc1NC(C1CC1)C1CC1. The molecule has 0 atom stereocenters. The number of sulfonamides is 1. The van der Waals surface area contributed by atoms with Gasteiger partial charge in [0.25, 0.3) is 0 Å². The van der Waals surface area contributed by atoms with E-state index < -0.39 is 10.0 Å². The van der Waals surface area contributed by atoms with E-state index in [0.717, 1.165) is 17.5 Å². The van der Waals surface area contributed by atoms with E-state index in [1.807, 2.05) is 12.1 Å². The third-order valence-electron chi connectivity index (χ3n) is 4.03. The quantitative estimate of drug-likeness (QED) is 0.840. The zero-order valence-electron chi connectivity index (χ0n) is 11.1. The fraction of sp³-hybridized carbons (Fsp3) is 0.571. The van der Waals surface area contributed by atoms with E-state index in [2.05, 4.69) is 10.0 Å². The van der Waals surface area contributed by atoms with Gasteiger partial charge in [-0.25, -0.2) is 13.1 Å². The average molecular weight is 280 g/mol. The van der Waals surface area contributed by atoms with Crippen molar-refractivity contribution in [2.24, 2.45) is 11.8 Å². The summed E-state index contributed by atoms with van der Waals surface area (Å²) in [6.07, 6.45) is 5.09. The molecule has 0 amide bonds. The minimum Gasteiger partial charge on any atom is -0.381 e. The van der Waals surface area contributed by atoms with Crippen molar-refractivity contribution in [1.82, 2.24) is 4.72 Å². The molecule has 0 aliphatic heterocycles. The minimum absolute atomic E-state index is 0.351. The van der Waals surface area contributed by atoms with E-state index in [9.17, 15) is 8.42 Å². The van der Waals surface area contributed by atoms with E-state index in [0.29, 0.717) is 10.9 Å². The Labute approximate surface area is 114 Å². The van der Waals surface area contributed by atoms with Crippen molar-refractivity contribution in [3.63, 3.8) is 0 Å². The summed E-state index contributed by atoms with van der Waals surface area (Å²) < 4.78 is 26.4. The molecule has 5 heteroatoms. The molecule has 0 radical (unpaired) electrons. The lowest BCUT2D eigenvalue weighted by molar-refractivity contribution is 0.564. The molecule has 0 heterocycles. The lowest BCUT2D eigenvalue weighted by atomic mass is 10.1. The maximum atomic E-state index is 12.0. The van der Waals surface area contributed by atoms with Crippen LogP contribution in [0.2, 0.25) is 0 Å². The summed E-state index contributed by atoms with van der Waals surface area (Å²) in [5, 5.41) is 3.49. The Morgan fingerprint density at radius 1 is 1.11 bits per heavy atom. The first-order valence-electron chi connectivity index (χ1n) is 6.91. The molecule has 2 N–H and O–H groups in total. The second-order valence-electron chi connectivity index (χ2n) is 5.55. The normalized spacial score (nSPS) is 19.7. The molecule has 0 unspecified atom stereocenters. The summed E-state index contributed by atoms with van der Waals surface area (Å²) in [6.45, 7) is 0. The molecule has 2 fully saturated rings. The molecular weight excluding hydrogens is 260 g/mol. The van der Waals surface area contributed by atoms with Gasteiger partial charge < -0.3 is 5.32 Å². The monoisotopic (exact) mass is 280 g/mol. The molecule has 0 bridgehead atoms. The third kappa shape index (κ3) is 2.77. The molecule has 2 saturated carbocycles.